The fraction of sp³-hybridized carbons (Fsp3) is 0.500. The third kappa shape index (κ3) is 3.30. The van der Waals surface area contributed by atoms with Crippen molar-refractivity contribution >= 4 is 13.9 Å². The summed E-state index contributed by atoms with van der Waals surface area (Å²) in [6.45, 7) is 4.07. The summed E-state index contributed by atoms with van der Waals surface area (Å²) in [5.74, 6) is 0.166. The molecule has 6 heteroatoms. The average molecular weight is 246 g/mol. The van der Waals surface area contributed by atoms with Gasteiger partial charge in [0.05, 0.1) is 25.6 Å². The molecule has 1 aromatic heterocycles. The standard InChI is InChI=1S/C10H15O5P/c1-3-14-16(12,15-4-2)8-9-5-6-13-10(9)7-11/h5-7H,3-4,8H2,1-2H3. The van der Waals surface area contributed by atoms with Crippen LogP contribution in [0, 0.1) is 0 Å². The highest BCUT2D eigenvalue weighted by Gasteiger charge is 2.26. The second kappa shape index (κ2) is 5.99. The molecule has 0 aromatic carbocycles. The molecule has 0 unspecified atom stereocenters. The minimum atomic E-state index is -3.17. The molecular weight excluding hydrogens is 231 g/mol. The van der Waals surface area contributed by atoms with Crippen LogP contribution in [-0.4, -0.2) is 19.5 Å². The van der Waals surface area contributed by atoms with E-state index in [1.165, 1.54) is 6.26 Å². The van der Waals surface area contributed by atoms with Gasteiger partial charge in [-0.25, -0.2) is 0 Å². The van der Waals surface area contributed by atoms with E-state index < -0.39 is 7.60 Å². The van der Waals surface area contributed by atoms with Crippen LogP contribution in [0.25, 0.3) is 0 Å². The van der Waals surface area contributed by atoms with Gasteiger partial charge in [0.1, 0.15) is 0 Å². The van der Waals surface area contributed by atoms with Gasteiger partial charge in [0, 0.05) is 5.56 Å². The Hall–Kier alpha value is -0.900. The molecule has 0 spiro atoms. The van der Waals surface area contributed by atoms with Gasteiger partial charge in [0.15, 0.2) is 12.0 Å². The molecule has 0 saturated heterocycles. The summed E-state index contributed by atoms with van der Waals surface area (Å²) in [6.07, 6.45) is 2.01. The Morgan fingerprint density at radius 2 is 2.00 bits per heavy atom. The van der Waals surface area contributed by atoms with E-state index in [4.69, 9.17) is 13.5 Å². The number of aldehydes is 1. The van der Waals surface area contributed by atoms with Crippen molar-refractivity contribution in [2.45, 2.75) is 20.0 Å². The van der Waals surface area contributed by atoms with E-state index in [9.17, 15) is 9.36 Å². The van der Waals surface area contributed by atoms with E-state index in [1.54, 1.807) is 19.9 Å². The van der Waals surface area contributed by atoms with Crippen LogP contribution in [0.2, 0.25) is 0 Å². The summed E-state index contributed by atoms with van der Waals surface area (Å²) in [6, 6.07) is 1.59. The number of furan rings is 1. The zero-order valence-corrected chi connectivity index (χ0v) is 10.2. The first-order valence-corrected chi connectivity index (χ1v) is 6.77. The van der Waals surface area contributed by atoms with Crippen molar-refractivity contribution in [1.82, 2.24) is 0 Å². The van der Waals surface area contributed by atoms with Gasteiger partial charge >= 0.3 is 7.60 Å². The Balaban J connectivity index is 2.83. The zero-order valence-electron chi connectivity index (χ0n) is 9.34. The first kappa shape index (κ1) is 13.2. The zero-order chi connectivity index (χ0) is 12.0. The van der Waals surface area contributed by atoms with Gasteiger partial charge < -0.3 is 13.5 Å². The molecule has 90 valence electrons. The quantitative estimate of drug-likeness (QED) is 0.546. The number of hydrogen-bond donors (Lipinski definition) is 0. The maximum Gasteiger partial charge on any atom is 0.335 e. The van der Waals surface area contributed by atoms with Gasteiger partial charge in [-0.3, -0.25) is 9.36 Å². The van der Waals surface area contributed by atoms with E-state index in [0.29, 0.717) is 25.1 Å². The van der Waals surface area contributed by atoms with Crippen molar-refractivity contribution in [1.29, 1.82) is 0 Å². The smallest absolute Gasteiger partial charge is 0.335 e. The minimum absolute atomic E-state index is 0.0548. The fourth-order valence-electron chi connectivity index (χ4n) is 1.31. The molecule has 0 bridgehead atoms. The van der Waals surface area contributed by atoms with Gasteiger partial charge in [-0.05, 0) is 19.9 Å². The topological polar surface area (TPSA) is 65.7 Å². The maximum atomic E-state index is 12.1. The van der Waals surface area contributed by atoms with E-state index in [0.717, 1.165) is 0 Å². The monoisotopic (exact) mass is 246 g/mol. The van der Waals surface area contributed by atoms with Crippen LogP contribution in [0.3, 0.4) is 0 Å². The lowest BCUT2D eigenvalue weighted by molar-refractivity contribution is 0.109. The van der Waals surface area contributed by atoms with Crippen molar-refractivity contribution in [3.63, 3.8) is 0 Å². The average Bonchev–Trinajstić information content (AvgIpc) is 2.65. The van der Waals surface area contributed by atoms with Crippen molar-refractivity contribution in [2.24, 2.45) is 0 Å². The third-order valence-electron chi connectivity index (χ3n) is 1.90. The molecule has 0 aliphatic carbocycles. The number of carbonyl (C=O) groups excluding carboxylic acids is 1. The molecule has 1 rings (SSSR count). The molecule has 0 amide bonds. The molecule has 0 aliphatic rings. The van der Waals surface area contributed by atoms with Crippen molar-refractivity contribution in [3.8, 4) is 0 Å². The van der Waals surface area contributed by atoms with Crippen LogP contribution in [0.4, 0.5) is 0 Å². The Morgan fingerprint density at radius 1 is 1.38 bits per heavy atom. The summed E-state index contributed by atoms with van der Waals surface area (Å²) in [5, 5.41) is 0. The lowest BCUT2D eigenvalue weighted by atomic mass is 10.3. The van der Waals surface area contributed by atoms with E-state index in [2.05, 4.69) is 0 Å². The Kier molecular flexibility index (Phi) is 4.93. The predicted octanol–water partition coefficient (Wildman–Crippen LogP) is 2.86. The summed E-state index contributed by atoms with van der Waals surface area (Å²) in [4.78, 5) is 10.6. The fourth-order valence-corrected chi connectivity index (χ4v) is 3.03. The summed E-state index contributed by atoms with van der Waals surface area (Å²) < 4.78 is 27.3. The maximum absolute atomic E-state index is 12.1. The SMILES string of the molecule is CCOP(=O)(Cc1ccoc1C=O)OCC. The third-order valence-corrected chi connectivity index (χ3v) is 3.93. The van der Waals surface area contributed by atoms with Crippen LogP contribution < -0.4 is 0 Å². The van der Waals surface area contributed by atoms with E-state index >= 15 is 0 Å². The van der Waals surface area contributed by atoms with Crippen LogP contribution in [0.5, 0.6) is 0 Å². The van der Waals surface area contributed by atoms with Gasteiger partial charge in [-0.1, -0.05) is 0 Å². The van der Waals surface area contributed by atoms with Gasteiger partial charge in [0.2, 0.25) is 0 Å². The summed E-state index contributed by atoms with van der Waals surface area (Å²) in [5.41, 5.74) is 0.542. The van der Waals surface area contributed by atoms with E-state index in [-0.39, 0.29) is 11.9 Å². The molecular formula is C10H15O5P. The van der Waals surface area contributed by atoms with E-state index in [1.807, 2.05) is 0 Å². The van der Waals surface area contributed by atoms with Crippen LogP contribution in [0.1, 0.15) is 30.0 Å². The molecule has 0 atom stereocenters. The molecule has 5 nitrogen and oxygen atoms in total. The highest BCUT2D eigenvalue weighted by atomic mass is 31.2. The van der Waals surface area contributed by atoms with Crippen molar-refractivity contribution in [3.05, 3.63) is 23.7 Å². The molecule has 16 heavy (non-hydrogen) atoms. The van der Waals surface area contributed by atoms with Crippen LogP contribution >= 0.6 is 7.60 Å². The lowest BCUT2D eigenvalue weighted by Crippen LogP contribution is -1.99. The van der Waals surface area contributed by atoms with Crippen molar-refractivity contribution < 1.29 is 22.8 Å². The highest BCUT2D eigenvalue weighted by molar-refractivity contribution is 7.53. The highest BCUT2D eigenvalue weighted by Crippen LogP contribution is 2.51. The number of hydrogen-bond acceptors (Lipinski definition) is 5. The van der Waals surface area contributed by atoms with Gasteiger partial charge in [0.25, 0.3) is 0 Å². The minimum Gasteiger partial charge on any atom is -0.461 e. The van der Waals surface area contributed by atoms with Crippen LogP contribution in [-0.2, 0) is 19.8 Å². The Bertz CT molecular complexity index is 374. The van der Waals surface area contributed by atoms with Gasteiger partial charge in [-0.15, -0.1) is 0 Å². The lowest BCUT2D eigenvalue weighted by Gasteiger charge is -2.16. The molecule has 0 fully saturated rings. The Labute approximate surface area is 94.3 Å². The number of rotatable bonds is 7. The second-order valence-electron chi connectivity index (χ2n) is 3.03. The number of carbonyl (C=O) groups is 1. The second-order valence-corrected chi connectivity index (χ2v) is 5.09. The molecule has 0 aliphatic heterocycles. The normalized spacial score (nSPS) is 11.6. The largest absolute Gasteiger partial charge is 0.461 e. The predicted molar refractivity (Wildman–Crippen MR) is 58.7 cm³/mol. The van der Waals surface area contributed by atoms with Crippen LogP contribution in [0.15, 0.2) is 16.7 Å². The summed E-state index contributed by atoms with van der Waals surface area (Å²) in [7, 11) is -3.17. The first-order valence-electron chi connectivity index (χ1n) is 5.05. The molecule has 0 saturated carbocycles. The van der Waals surface area contributed by atoms with Crippen molar-refractivity contribution in [2.75, 3.05) is 13.2 Å². The molecule has 1 heterocycles. The first-order chi connectivity index (χ1) is 7.65. The Morgan fingerprint density at radius 3 is 2.50 bits per heavy atom. The molecule has 0 N–H and O–H groups in total. The van der Waals surface area contributed by atoms with Gasteiger partial charge in [-0.2, -0.15) is 0 Å². The summed E-state index contributed by atoms with van der Waals surface area (Å²) >= 11 is 0. The molecule has 1 aromatic rings. The molecule has 0 radical (unpaired) electrons.